The van der Waals surface area contributed by atoms with Gasteiger partial charge in [-0.3, -0.25) is 0 Å². The highest BCUT2D eigenvalue weighted by molar-refractivity contribution is 5.96. The number of hydrogen-bond donors (Lipinski definition) is 0. The molecule has 0 N–H and O–H groups in total. The van der Waals surface area contributed by atoms with Crippen LogP contribution in [0.1, 0.15) is 18.1 Å². The maximum absolute atomic E-state index is 6.01. The average Bonchev–Trinajstić information content (AvgIpc) is 2.70. The number of benzene rings is 3. The lowest BCUT2D eigenvalue weighted by Gasteiger charge is -2.10. The molecule has 0 fully saturated rings. The number of para-hydroxylation sites is 2. The predicted octanol–water partition coefficient (Wildman–Crippen LogP) is 6.40. The zero-order valence-electron chi connectivity index (χ0n) is 15.8. The molecular weight excluding hydrogens is 334 g/mol. The molecule has 0 heterocycles. The first-order valence-corrected chi connectivity index (χ1v) is 8.89. The second kappa shape index (κ2) is 8.86. The van der Waals surface area contributed by atoms with Crippen LogP contribution in [-0.4, -0.2) is 5.90 Å². The van der Waals surface area contributed by atoms with Crippen LogP contribution >= 0.6 is 0 Å². The van der Waals surface area contributed by atoms with Gasteiger partial charge in [0.1, 0.15) is 11.5 Å². The summed E-state index contributed by atoms with van der Waals surface area (Å²) in [5.74, 6) is 2.01. The van der Waals surface area contributed by atoms with Crippen molar-refractivity contribution < 1.29 is 9.47 Å². The molecule has 136 valence electrons. The van der Waals surface area contributed by atoms with Crippen LogP contribution < -0.4 is 9.47 Å². The number of nitrogens with zero attached hydrogens (tertiary/aromatic N) is 1. The molecule has 3 aromatic rings. The number of ether oxygens (including phenoxy) is 2. The fourth-order valence-corrected chi connectivity index (χ4v) is 2.41. The van der Waals surface area contributed by atoms with Gasteiger partial charge >= 0.3 is 0 Å². The van der Waals surface area contributed by atoms with Gasteiger partial charge in [0.15, 0.2) is 0 Å². The van der Waals surface area contributed by atoms with Crippen molar-refractivity contribution in [2.45, 2.75) is 20.8 Å². The molecule has 0 aliphatic carbocycles. The Morgan fingerprint density at radius 2 is 1.44 bits per heavy atom. The van der Waals surface area contributed by atoms with Crippen molar-refractivity contribution in [2.24, 2.45) is 4.99 Å². The Labute approximate surface area is 160 Å². The van der Waals surface area contributed by atoms with Crippen molar-refractivity contribution in [1.29, 1.82) is 0 Å². The Balaban J connectivity index is 1.86. The molecule has 0 unspecified atom stereocenters. The summed E-state index contributed by atoms with van der Waals surface area (Å²) in [7, 11) is 0. The Kier molecular flexibility index (Phi) is 6.06. The van der Waals surface area contributed by atoms with Gasteiger partial charge in [-0.1, -0.05) is 42.5 Å². The Bertz CT molecular complexity index is 945. The van der Waals surface area contributed by atoms with Crippen LogP contribution in [0.2, 0.25) is 0 Å². The topological polar surface area (TPSA) is 30.8 Å². The smallest absolute Gasteiger partial charge is 0.225 e. The first kappa shape index (κ1) is 18.5. The quantitative estimate of drug-likeness (QED) is 0.301. The SMILES string of the molecule is CC(=C\Oc1ccc(C)c(C)c1)/C(=N/c1ccccc1)Oc1ccccc1. The molecular formula is C24H23NO2. The summed E-state index contributed by atoms with van der Waals surface area (Å²) in [6.07, 6.45) is 1.68. The number of hydrogen-bond acceptors (Lipinski definition) is 3. The van der Waals surface area contributed by atoms with Gasteiger partial charge in [-0.05, 0) is 68.3 Å². The van der Waals surface area contributed by atoms with Gasteiger partial charge in [0, 0.05) is 5.57 Å². The lowest BCUT2D eigenvalue weighted by atomic mass is 10.1. The second-order valence-electron chi connectivity index (χ2n) is 6.33. The summed E-state index contributed by atoms with van der Waals surface area (Å²) >= 11 is 0. The third-order valence-corrected chi connectivity index (χ3v) is 4.13. The molecule has 0 saturated carbocycles. The van der Waals surface area contributed by atoms with Crippen molar-refractivity contribution in [3.63, 3.8) is 0 Å². The summed E-state index contributed by atoms with van der Waals surface area (Å²) in [5.41, 5.74) is 4.04. The molecule has 0 aliphatic rings. The van der Waals surface area contributed by atoms with Gasteiger partial charge in [-0.2, -0.15) is 0 Å². The van der Waals surface area contributed by atoms with E-state index >= 15 is 0 Å². The predicted molar refractivity (Wildman–Crippen MR) is 111 cm³/mol. The number of aliphatic imine (C=N–C) groups is 1. The zero-order valence-corrected chi connectivity index (χ0v) is 15.8. The van der Waals surface area contributed by atoms with E-state index < -0.39 is 0 Å². The van der Waals surface area contributed by atoms with Crippen LogP contribution in [0.3, 0.4) is 0 Å². The van der Waals surface area contributed by atoms with E-state index in [1.165, 1.54) is 11.1 Å². The number of aryl methyl sites for hydroxylation is 2. The molecule has 0 saturated heterocycles. The maximum atomic E-state index is 6.01. The second-order valence-corrected chi connectivity index (χ2v) is 6.33. The van der Waals surface area contributed by atoms with E-state index in [4.69, 9.17) is 9.47 Å². The van der Waals surface area contributed by atoms with Gasteiger partial charge in [-0.25, -0.2) is 4.99 Å². The molecule has 27 heavy (non-hydrogen) atoms. The minimum atomic E-state index is 0.497. The highest BCUT2D eigenvalue weighted by Gasteiger charge is 2.08. The van der Waals surface area contributed by atoms with Crippen LogP contribution in [0.25, 0.3) is 0 Å². The maximum Gasteiger partial charge on any atom is 0.225 e. The Morgan fingerprint density at radius 1 is 0.778 bits per heavy atom. The number of rotatable bonds is 5. The van der Waals surface area contributed by atoms with Gasteiger partial charge in [0.2, 0.25) is 5.90 Å². The molecule has 0 aromatic heterocycles. The fourth-order valence-electron chi connectivity index (χ4n) is 2.41. The first-order valence-electron chi connectivity index (χ1n) is 8.89. The van der Waals surface area contributed by atoms with Gasteiger partial charge in [0.25, 0.3) is 0 Å². The van der Waals surface area contributed by atoms with Crippen LogP contribution in [-0.2, 0) is 0 Å². The van der Waals surface area contributed by atoms with Crippen molar-refractivity contribution in [2.75, 3.05) is 0 Å². The molecule has 0 aliphatic heterocycles. The third kappa shape index (κ3) is 5.32. The molecule has 3 heteroatoms. The molecule has 0 spiro atoms. The minimum Gasteiger partial charge on any atom is -0.465 e. The summed E-state index contributed by atoms with van der Waals surface area (Å²) in [6, 6.07) is 25.4. The molecule has 3 rings (SSSR count). The van der Waals surface area contributed by atoms with Crippen LogP contribution in [0.4, 0.5) is 5.69 Å². The standard InChI is InChI=1S/C24H23NO2/c1-18-14-15-23(16-19(18)2)26-17-20(3)24(25-21-10-6-4-7-11-21)27-22-12-8-5-9-13-22/h4-17H,1-3H3/b20-17+,25-24-. The Morgan fingerprint density at radius 3 is 2.11 bits per heavy atom. The molecule has 0 amide bonds. The molecule has 3 nitrogen and oxygen atoms in total. The fraction of sp³-hybridized carbons (Fsp3) is 0.125. The van der Waals surface area contributed by atoms with Crippen LogP contribution in [0.15, 0.2) is 95.7 Å². The highest BCUT2D eigenvalue weighted by Crippen LogP contribution is 2.19. The van der Waals surface area contributed by atoms with E-state index in [2.05, 4.69) is 18.8 Å². The normalized spacial score (nSPS) is 12.0. The average molecular weight is 357 g/mol. The Hall–Kier alpha value is -3.33. The summed E-state index contributed by atoms with van der Waals surface area (Å²) in [5, 5.41) is 0. The summed E-state index contributed by atoms with van der Waals surface area (Å²) < 4.78 is 11.9. The molecule has 0 atom stereocenters. The van der Waals surface area contributed by atoms with E-state index in [1.54, 1.807) is 6.26 Å². The van der Waals surface area contributed by atoms with Gasteiger partial charge in [-0.15, -0.1) is 0 Å². The van der Waals surface area contributed by atoms with Crippen molar-refractivity contribution in [3.8, 4) is 11.5 Å². The monoisotopic (exact) mass is 357 g/mol. The lowest BCUT2D eigenvalue weighted by Crippen LogP contribution is -2.10. The highest BCUT2D eigenvalue weighted by atomic mass is 16.5. The van der Waals surface area contributed by atoms with E-state index in [0.717, 1.165) is 22.8 Å². The molecule has 0 radical (unpaired) electrons. The van der Waals surface area contributed by atoms with Crippen molar-refractivity contribution >= 4 is 11.6 Å². The minimum absolute atomic E-state index is 0.497. The first-order chi connectivity index (χ1) is 13.1. The molecule has 3 aromatic carbocycles. The summed E-state index contributed by atoms with van der Waals surface area (Å²) in [6.45, 7) is 6.07. The van der Waals surface area contributed by atoms with Crippen molar-refractivity contribution in [3.05, 3.63) is 102 Å². The summed E-state index contributed by atoms with van der Waals surface area (Å²) in [4.78, 5) is 4.64. The van der Waals surface area contributed by atoms with Crippen molar-refractivity contribution in [1.82, 2.24) is 0 Å². The van der Waals surface area contributed by atoms with Crippen LogP contribution in [0, 0.1) is 13.8 Å². The molecule has 0 bridgehead atoms. The van der Waals surface area contributed by atoms with E-state index in [9.17, 15) is 0 Å². The van der Waals surface area contributed by atoms with Crippen LogP contribution in [0.5, 0.6) is 11.5 Å². The van der Waals surface area contributed by atoms with Gasteiger partial charge < -0.3 is 9.47 Å². The van der Waals surface area contributed by atoms with Gasteiger partial charge in [0.05, 0.1) is 11.9 Å². The lowest BCUT2D eigenvalue weighted by molar-refractivity contribution is 0.473. The largest absolute Gasteiger partial charge is 0.465 e. The zero-order chi connectivity index (χ0) is 19.1. The third-order valence-electron chi connectivity index (χ3n) is 4.13. The van der Waals surface area contributed by atoms with E-state index in [0.29, 0.717) is 5.90 Å². The van der Waals surface area contributed by atoms with E-state index in [-0.39, 0.29) is 0 Å². The van der Waals surface area contributed by atoms with E-state index in [1.807, 2.05) is 85.8 Å².